The van der Waals surface area contributed by atoms with Crippen molar-refractivity contribution in [1.29, 1.82) is 0 Å². The summed E-state index contributed by atoms with van der Waals surface area (Å²) in [5.41, 5.74) is 6.48. The second-order valence-electron chi connectivity index (χ2n) is 5.70. The minimum absolute atomic E-state index is 0.104. The molecule has 0 radical (unpaired) electrons. The highest BCUT2D eigenvalue weighted by Crippen LogP contribution is 2.14. The van der Waals surface area contributed by atoms with Crippen molar-refractivity contribution in [3.8, 4) is 5.69 Å². The smallest absolute Gasteiger partial charge is 0.426 e. The van der Waals surface area contributed by atoms with Gasteiger partial charge in [0.25, 0.3) is 5.91 Å². The summed E-state index contributed by atoms with van der Waals surface area (Å²) in [6.07, 6.45) is 3.31. The molecular weight excluding hydrogens is 349 g/mol. The maximum absolute atomic E-state index is 12.8. The summed E-state index contributed by atoms with van der Waals surface area (Å²) in [7, 11) is 0. The molecule has 0 fully saturated rings. The molecule has 0 atom stereocenters. The van der Waals surface area contributed by atoms with Gasteiger partial charge in [-0.2, -0.15) is 0 Å². The predicted molar refractivity (Wildman–Crippen MR) is 97.8 cm³/mol. The number of aromatic nitrogens is 1. The maximum Gasteiger partial charge on any atom is 0.426 e. The van der Waals surface area contributed by atoms with Gasteiger partial charge in [-0.25, -0.2) is 14.6 Å². The van der Waals surface area contributed by atoms with E-state index in [0.717, 1.165) is 5.56 Å². The third-order valence-corrected chi connectivity index (χ3v) is 3.85. The molecule has 138 valence electrons. The van der Waals surface area contributed by atoms with Crippen LogP contribution in [0.15, 0.2) is 73.1 Å². The number of para-hydroxylation sites is 1. The second kappa shape index (κ2) is 8.66. The van der Waals surface area contributed by atoms with Crippen molar-refractivity contribution in [2.45, 2.75) is 6.42 Å². The van der Waals surface area contributed by atoms with E-state index in [9.17, 15) is 14.0 Å². The molecule has 0 spiro atoms. The Balaban J connectivity index is 1.49. The van der Waals surface area contributed by atoms with E-state index in [0.29, 0.717) is 17.7 Å². The number of benzene rings is 2. The minimum atomic E-state index is -0.774. The van der Waals surface area contributed by atoms with Gasteiger partial charge in [0.1, 0.15) is 5.82 Å². The van der Waals surface area contributed by atoms with E-state index in [-0.39, 0.29) is 12.4 Å². The highest BCUT2D eigenvalue weighted by Gasteiger charge is 2.13. The Morgan fingerprint density at radius 1 is 0.926 bits per heavy atom. The number of nitrogens with zero attached hydrogens (tertiary/aromatic N) is 1. The summed E-state index contributed by atoms with van der Waals surface area (Å²) < 4.78 is 19.6. The molecule has 0 aliphatic carbocycles. The Kier molecular flexibility index (Phi) is 5.84. The van der Waals surface area contributed by atoms with Crippen LogP contribution in [0.3, 0.4) is 0 Å². The number of amides is 2. The Morgan fingerprint density at radius 2 is 1.63 bits per heavy atom. The van der Waals surface area contributed by atoms with Crippen LogP contribution in [0.5, 0.6) is 0 Å². The molecule has 0 aliphatic heterocycles. The van der Waals surface area contributed by atoms with Crippen molar-refractivity contribution in [3.63, 3.8) is 0 Å². The van der Waals surface area contributed by atoms with Crippen molar-refractivity contribution < 1.29 is 18.7 Å². The van der Waals surface area contributed by atoms with Crippen LogP contribution >= 0.6 is 0 Å². The molecule has 7 heteroatoms. The third-order valence-electron chi connectivity index (χ3n) is 3.85. The second-order valence-corrected chi connectivity index (χ2v) is 5.70. The molecule has 1 heterocycles. The Bertz CT molecular complexity index is 908. The zero-order valence-electron chi connectivity index (χ0n) is 14.4. The first kappa shape index (κ1) is 18.2. The first-order chi connectivity index (χ1) is 13.1. The fourth-order valence-corrected chi connectivity index (χ4v) is 2.51. The quantitative estimate of drug-likeness (QED) is 0.680. The molecule has 0 saturated carbocycles. The predicted octanol–water partition coefficient (Wildman–Crippen LogP) is 3.23. The van der Waals surface area contributed by atoms with Crippen molar-refractivity contribution >= 4 is 12.0 Å². The zero-order chi connectivity index (χ0) is 19.1. The molecule has 0 unspecified atom stereocenters. The average molecular weight is 367 g/mol. The largest absolute Gasteiger partial charge is 0.448 e. The molecular formula is C20H18FN3O3. The van der Waals surface area contributed by atoms with Crippen LogP contribution < -0.4 is 10.9 Å². The monoisotopic (exact) mass is 367 g/mol. The fraction of sp³-hybridized carbons (Fsp3) is 0.100. The van der Waals surface area contributed by atoms with Crippen molar-refractivity contribution in [2.75, 3.05) is 6.61 Å². The van der Waals surface area contributed by atoms with Crippen LogP contribution in [-0.2, 0) is 11.2 Å². The van der Waals surface area contributed by atoms with Gasteiger partial charge in [0.15, 0.2) is 0 Å². The van der Waals surface area contributed by atoms with Crippen LogP contribution in [0, 0.1) is 5.82 Å². The maximum atomic E-state index is 12.8. The summed E-state index contributed by atoms with van der Waals surface area (Å²) in [6.45, 7) is 0.104. The Labute approximate surface area is 155 Å². The standard InChI is InChI=1S/C20H18FN3O3/c21-16-9-7-15(8-10-16)11-14-27-20(26)23-22-19(25)17-5-1-2-6-18(17)24-12-3-4-13-24/h1-10,12-13H,11,14H2,(H,22,25)(H,23,26). The van der Waals surface area contributed by atoms with E-state index >= 15 is 0 Å². The topological polar surface area (TPSA) is 72.4 Å². The van der Waals surface area contributed by atoms with Crippen molar-refractivity contribution in [3.05, 3.63) is 90.0 Å². The summed E-state index contributed by atoms with van der Waals surface area (Å²) in [5.74, 6) is -0.782. The number of rotatable bonds is 5. The van der Waals surface area contributed by atoms with Gasteiger partial charge in [0.05, 0.1) is 17.9 Å². The van der Waals surface area contributed by atoms with Gasteiger partial charge < -0.3 is 9.30 Å². The van der Waals surface area contributed by atoms with Gasteiger partial charge in [-0.3, -0.25) is 10.2 Å². The van der Waals surface area contributed by atoms with Crippen LogP contribution in [0.1, 0.15) is 15.9 Å². The van der Waals surface area contributed by atoms with Crippen molar-refractivity contribution in [1.82, 2.24) is 15.4 Å². The minimum Gasteiger partial charge on any atom is -0.448 e. The highest BCUT2D eigenvalue weighted by atomic mass is 19.1. The molecule has 3 rings (SSSR count). The number of hydrazine groups is 1. The lowest BCUT2D eigenvalue weighted by atomic mass is 10.1. The van der Waals surface area contributed by atoms with E-state index in [1.807, 2.05) is 30.6 Å². The van der Waals surface area contributed by atoms with E-state index in [2.05, 4.69) is 10.9 Å². The molecule has 2 aromatic carbocycles. The van der Waals surface area contributed by atoms with Crippen LogP contribution in [0.25, 0.3) is 5.69 Å². The van der Waals surface area contributed by atoms with Gasteiger partial charge in [-0.05, 0) is 42.0 Å². The number of ether oxygens (including phenoxy) is 1. The summed E-state index contributed by atoms with van der Waals surface area (Å²) in [6, 6.07) is 16.7. The summed E-state index contributed by atoms with van der Waals surface area (Å²) in [5, 5.41) is 0. The molecule has 2 amide bonds. The Morgan fingerprint density at radius 3 is 2.37 bits per heavy atom. The average Bonchev–Trinajstić information content (AvgIpc) is 3.22. The van der Waals surface area contributed by atoms with Crippen LogP contribution in [0.4, 0.5) is 9.18 Å². The summed E-state index contributed by atoms with van der Waals surface area (Å²) in [4.78, 5) is 24.1. The molecule has 2 N–H and O–H groups in total. The third kappa shape index (κ3) is 4.94. The number of carbonyl (C=O) groups excluding carboxylic acids is 2. The Hall–Kier alpha value is -3.61. The normalized spacial score (nSPS) is 10.3. The lowest BCUT2D eigenvalue weighted by Gasteiger charge is -2.12. The molecule has 0 bridgehead atoms. The first-order valence-corrected chi connectivity index (χ1v) is 8.33. The molecule has 1 aromatic heterocycles. The molecule has 3 aromatic rings. The van der Waals surface area contributed by atoms with Gasteiger partial charge >= 0.3 is 6.09 Å². The number of nitrogens with one attached hydrogen (secondary N) is 2. The lowest BCUT2D eigenvalue weighted by molar-refractivity contribution is 0.0910. The summed E-state index contributed by atoms with van der Waals surface area (Å²) >= 11 is 0. The van der Waals surface area contributed by atoms with Crippen LogP contribution in [-0.4, -0.2) is 23.2 Å². The van der Waals surface area contributed by atoms with Gasteiger partial charge in [-0.15, -0.1) is 0 Å². The number of hydrogen-bond donors (Lipinski definition) is 2. The van der Waals surface area contributed by atoms with Crippen LogP contribution in [0.2, 0.25) is 0 Å². The van der Waals surface area contributed by atoms with Gasteiger partial charge in [0, 0.05) is 18.8 Å². The fourth-order valence-electron chi connectivity index (χ4n) is 2.51. The van der Waals surface area contributed by atoms with Gasteiger partial charge in [-0.1, -0.05) is 24.3 Å². The number of hydrogen-bond acceptors (Lipinski definition) is 3. The van der Waals surface area contributed by atoms with E-state index in [1.165, 1.54) is 12.1 Å². The lowest BCUT2D eigenvalue weighted by Crippen LogP contribution is -2.42. The highest BCUT2D eigenvalue weighted by molar-refractivity contribution is 5.98. The number of halogens is 1. The zero-order valence-corrected chi connectivity index (χ0v) is 14.4. The van der Waals surface area contributed by atoms with E-state index in [1.54, 1.807) is 34.9 Å². The number of carbonyl (C=O) groups is 2. The molecule has 6 nitrogen and oxygen atoms in total. The first-order valence-electron chi connectivity index (χ1n) is 8.33. The molecule has 27 heavy (non-hydrogen) atoms. The molecule has 0 saturated heterocycles. The van der Waals surface area contributed by atoms with Crippen molar-refractivity contribution in [2.24, 2.45) is 0 Å². The SMILES string of the molecule is O=C(NNC(=O)c1ccccc1-n1cccc1)OCCc1ccc(F)cc1. The molecule has 0 aliphatic rings. The van der Waals surface area contributed by atoms with Gasteiger partial charge in [0.2, 0.25) is 0 Å². The van der Waals surface area contributed by atoms with E-state index < -0.39 is 12.0 Å². The van der Waals surface area contributed by atoms with E-state index in [4.69, 9.17) is 4.74 Å².